The SMILES string of the molecule is CNCCC[C@@H]1Cc2ccccc2N(c2c(F)cccc2F)S1(O)O. The van der Waals surface area contributed by atoms with Crippen LogP contribution >= 0.6 is 10.8 Å². The molecule has 3 rings (SSSR count). The Morgan fingerprint density at radius 2 is 1.80 bits per heavy atom. The molecule has 2 aromatic carbocycles. The minimum Gasteiger partial charge on any atom is -0.320 e. The van der Waals surface area contributed by atoms with E-state index in [9.17, 15) is 17.9 Å². The second kappa shape index (κ2) is 7.29. The molecule has 1 aliphatic heterocycles. The van der Waals surface area contributed by atoms with Crippen LogP contribution < -0.4 is 9.62 Å². The minimum atomic E-state index is -3.43. The zero-order valence-corrected chi connectivity index (χ0v) is 14.8. The van der Waals surface area contributed by atoms with Crippen molar-refractivity contribution in [1.82, 2.24) is 5.32 Å². The van der Waals surface area contributed by atoms with E-state index in [1.807, 2.05) is 19.2 Å². The highest BCUT2D eigenvalue weighted by Gasteiger charge is 2.41. The monoisotopic (exact) mass is 368 g/mol. The van der Waals surface area contributed by atoms with Gasteiger partial charge in [0.1, 0.15) is 5.69 Å². The van der Waals surface area contributed by atoms with Gasteiger partial charge in [-0.1, -0.05) is 24.3 Å². The van der Waals surface area contributed by atoms with Gasteiger partial charge >= 0.3 is 0 Å². The molecule has 0 fully saturated rings. The first-order valence-corrected chi connectivity index (χ1v) is 9.77. The molecule has 0 spiro atoms. The van der Waals surface area contributed by atoms with Crippen molar-refractivity contribution in [2.45, 2.75) is 24.5 Å². The van der Waals surface area contributed by atoms with Crippen molar-refractivity contribution in [2.75, 3.05) is 17.9 Å². The van der Waals surface area contributed by atoms with Crippen LogP contribution in [-0.2, 0) is 6.42 Å². The molecular formula is C18H22F2N2O2S. The van der Waals surface area contributed by atoms with Crippen molar-refractivity contribution < 1.29 is 17.9 Å². The van der Waals surface area contributed by atoms with Crippen molar-refractivity contribution in [1.29, 1.82) is 0 Å². The van der Waals surface area contributed by atoms with E-state index >= 15 is 0 Å². The quantitative estimate of drug-likeness (QED) is 0.670. The fraction of sp³-hybridized carbons (Fsp3) is 0.333. The van der Waals surface area contributed by atoms with Gasteiger partial charge in [-0.3, -0.25) is 9.11 Å². The van der Waals surface area contributed by atoms with Crippen molar-refractivity contribution >= 4 is 22.2 Å². The maximum Gasteiger partial charge on any atom is 0.151 e. The third-order valence-electron chi connectivity index (χ3n) is 4.47. The molecule has 7 heteroatoms. The van der Waals surface area contributed by atoms with Crippen molar-refractivity contribution in [3.63, 3.8) is 0 Å². The van der Waals surface area contributed by atoms with Crippen LogP contribution in [0.1, 0.15) is 18.4 Å². The molecule has 0 aliphatic carbocycles. The zero-order valence-electron chi connectivity index (χ0n) is 14.0. The first-order chi connectivity index (χ1) is 12.0. The lowest BCUT2D eigenvalue weighted by atomic mass is 10.0. The average Bonchev–Trinajstić information content (AvgIpc) is 2.57. The van der Waals surface area contributed by atoms with E-state index in [0.717, 1.165) is 35.0 Å². The largest absolute Gasteiger partial charge is 0.320 e. The van der Waals surface area contributed by atoms with Crippen LogP contribution in [0.15, 0.2) is 42.5 Å². The van der Waals surface area contributed by atoms with E-state index in [0.29, 0.717) is 18.5 Å². The summed E-state index contributed by atoms with van der Waals surface area (Å²) in [6.07, 6.45) is 1.76. The summed E-state index contributed by atoms with van der Waals surface area (Å²) in [5, 5.41) is 2.54. The standard InChI is InChI=1S/C18H22F2N2O2S/c1-21-11-5-7-14-12-13-6-2-3-10-17(13)22(25(14,23)24)18-15(19)8-4-9-16(18)20/h2-4,6,8-10,14,21,23-24H,5,7,11-12H2,1H3/t14-/m1/s1. The van der Waals surface area contributed by atoms with E-state index in [-0.39, 0.29) is 0 Å². The van der Waals surface area contributed by atoms with Gasteiger partial charge < -0.3 is 5.32 Å². The van der Waals surface area contributed by atoms with Gasteiger partial charge in [-0.2, -0.15) is 0 Å². The number of para-hydroxylation sites is 2. The highest BCUT2D eigenvalue weighted by molar-refractivity contribution is 8.26. The average molecular weight is 368 g/mol. The van der Waals surface area contributed by atoms with E-state index in [4.69, 9.17) is 0 Å². The number of benzene rings is 2. The summed E-state index contributed by atoms with van der Waals surface area (Å²) >= 11 is 0. The van der Waals surface area contributed by atoms with E-state index < -0.39 is 33.3 Å². The van der Waals surface area contributed by atoms with Crippen molar-refractivity contribution in [2.24, 2.45) is 0 Å². The topological polar surface area (TPSA) is 55.7 Å². The summed E-state index contributed by atoms with van der Waals surface area (Å²) < 4.78 is 51.8. The number of anilines is 2. The second-order valence-electron chi connectivity index (χ2n) is 6.13. The predicted molar refractivity (Wildman–Crippen MR) is 98.4 cm³/mol. The van der Waals surface area contributed by atoms with Gasteiger partial charge in [0.25, 0.3) is 0 Å². The molecule has 1 heterocycles. The maximum absolute atomic E-state index is 14.4. The number of hydrogen-bond donors (Lipinski definition) is 3. The molecule has 4 nitrogen and oxygen atoms in total. The number of rotatable bonds is 5. The van der Waals surface area contributed by atoms with Crippen molar-refractivity contribution in [3.05, 3.63) is 59.7 Å². The number of nitrogens with one attached hydrogen (secondary N) is 1. The lowest BCUT2D eigenvalue weighted by Gasteiger charge is -2.52. The zero-order chi connectivity index (χ0) is 18.0. The Labute approximate surface area is 148 Å². The highest BCUT2D eigenvalue weighted by Crippen LogP contribution is 2.61. The van der Waals surface area contributed by atoms with Crippen LogP contribution in [0.3, 0.4) is 0 Å². The second-order valence-corrected chi connectivity index (χ2v) is 8.28. The van der Waals surface area contributed by atoms with Crippen LogP contribution in [0.2, 0.25) is 0 Å². The van der Waals surface area contributed by atoms with Gasteiger partial charge in [-0.15, -0.1) is 10.8 Å². The molecule has 0 amide bonds. The molecule has 0 unspecified atom stereocenters. The van der Waals surface area contributed by atoms with E-state index in [1.165, 1.54) is 6.07 Å². The highest BCUT2D eigenvalue weighted by atomic mass is 32.3. The Kier molecular flexibility index (Phi) is 5.29. The van der Waals surface area contributed by atoms with Gasteiger partial charge in [-0.05, 0) is 56.6 Å². The lowest BCUT2D eigenvalue weighted by molar-refractivity contribution is 0.452. The summed E-state index contributed by atoms with van der Waals surface area (Å²) in [5.41, 5.74) is 0.885. The molecule has 0 aromatic heterocycles. The van der Waals surface area contributed by atoms with Crippen LogP contribution in [0.5, 0.6) is 0 Å². The maximum atomic E-state index is 14.4. The van der Waals surface area contributed by atoms with E-state index in [1.54, 1.807) is 12.1 Å². The van der Waals surface area contributed by atoms with Gasteiger partial charge in [0.2, 0.25) is 0 Å². The predicted octanol–water partition coefficient (Wildman–Crippen LogP) is 4.69. The summed E-state index contributed by atoms with van der Waals surface area (Å²) in [5.74, 6) is -1.63. The first-order valence-electron chi connectivity index (χ1n) is 8.20. The molecule has 1 atom stereocenters. The molecule has 0 saturated carbocycles. The Morgan fingerprint density at radius 3 is 2.48 bits per heavy atom. The van der Waals surface area contributed by atoms with Crippen LogP contribution in [-0.4, -0.2) is 27.9 Å². The molecule has 136 valence electrons. The smallest absolute Gasteiger partial charge is 0.151 e. The van der Waals surface area contributed by atoms with Gasteiger partial charge in [0.05, 0.1) is 10.9 Å². The molecule has 0 radical (unpaired) electrons. The molecule has 0 saturated heterocycles. The first kappa shape index (κ1) is 18.1. The third-order valence-corrected chi connectivity index (χ3v) is 6.68. The van der Waals surface area contributed by atoms with Gasteiger partial charge in [0, 0.05) is 0 Å². The number of fused-ring (bicyclic) bond motifs is 1. The molecular weight excluding hydrogens is 346 g/mol. The number of halogens is 2. The molecule has 3 N–H and O–H groups in total. The third kappa shape index (κ3) is 3.37. The molecule has 0 bridgehead atoms. The number of nitrogens with zero attached hydrogens (tertiary/aromatic N) is 1. The Balaban J connectivity index is 2.10. The number of hydrogen-bond acceptors (Lipinski definition) is 4. The van der Waals surface area contributed by atoms with Gasteiger partial charge in [-0.25, -0.2) is 13.1 Å². The normalized spacial score (nSPS) is 20.2. The minimum absolute atomic E-state index is 0.409. The Morgan fingerprint density at radius 1 is 1.12 bits per heavy atom. The summed E-state index contributed by atoms with van der Waals surface area (Å²) in [6.45, 7) is 0.738. The van der Waals surface area contributed by atoms with E-state index in [2.05, 4.69) is 5.32 Å². The van der Waals surface area contributed by atoms with Crippen molar-refractivity contribution in [3.8, 4) is 0 Å². The lowest BCUT2D eigenvalue weighted by Crippen LogP contribution is -2.38. The fourth-order valence-corrected chi connectivity index (χ4v) is 5.33. The summed E-state index contributed by atoms with van der Waals surface area (Å²) in [4.78, 5) is 0. The van der Waals surface area contributed by atoms with Gasteiger partial charge in [0.15, 0.2) is 11.6 Å². The molecule has 25 heavy (non-hydrogen) atoms. The summed E-state index contributed by atoms with van der Waals surface area (Å²) in [7, 11) is -1.60. The van der Waals surface area contributed by atoms with Crippen LogP contribution in [0.25, 0.3) is 0 Å². The fourth-order valence-electron chi connectivity index (χ4n) is 3.24. The molecule has 2 aromatic rings. The summed E-state index contributed by atoms with van der Waals surface area (Å²) in [6, 6.07) is 10.6. The Hall–Kier alpha value is -1.67. The van der Waals surface area contributed by atoms with Crippen LogP contribution in [0, 0.1) is 11.6 Å². The molecule has 1 aliphatic rings. The van der Waals surface area contributed by atoms with Crippen LogP contribution in [0.4, 0.5) is 20.2 Å². The Bertz CT molecular complexity index is 737.